The number of piperazine rings is 1. The zero-order chi connectivity index (χ0) is 29.9. The largest absolute Gasteiger partial charge is 0.573 e. The van der Waals surface area contributed by atoms with E-state index in [9.17, 15) is 18.0 Å². The van der Waals surface area contributed by atoms with E-state index in [4.69, 9.17) is 9.47 Å². The van der Waals surface area contributed by atoms with Gasteiger partial charge in [0, 0.05) is 45.9 Å². The maximum atomic E-state index is 15.4. The number of alkyl halides is 3. The number of hydrogen-bond acceptors (Lipinski definition) is 7. The maximum absolute atomic E-state index is 15.4. The molecule has 5 rings (SSSR count). The van der Waals surface area contributed by atoms with Crippen LogP contribution in [0, 0.1) is 5.82 Å². The van der Waals surface area contributed by atoms with Gasteiger partial charge in [-0.1, -0.05) is 30.3 Å². The third kappa shape index (κ3) is 6.82. The quantitative estimate of drug-likeness (QED) is 0.231. The van der Waals surface area contributed by atoms with Gasteiger partial charge in [-0.05, 0) is 42.8 Å². The Morgan fingerprint density at radius 2 is 1.67 bits per heavy atom. The van der Waals surface area contributed by atoms with Crippen molar-refractivity contribution in [1.82, 2.24) is 14.5 Å². The number of hydrogen-bond donors (Lipinski definition) is 0. The summed E-state index contributed by atoms with van der Waals surface area (Å²) in [5.41, 5.74) is 2.16. The summed E-state index contributed by atoms with van der Waals surface area (Å²) in [5.74, 6) is 0.313. The predicted octanol–water partition coefficient (Wildman–Crippen LogP) is 5.38. The van der Waals surface area contributed by atoms with Gasteiger partial charge in [-0.3, -0.25) is 9.69 Å². The SMILES string of the molecule is COC(C(C)=O)N1CCN(c2cc3c(cc2F)nc(COc2ccccc2)n3Cc2ccc(OC(F)(F)F)cc2)CC1. The van der Waals surface area contributed by atoms with Gasteiger partial charge in [-0.15, -0.1) is 13.2 Å². The molecule has 2 heterocycles. The summed E-state index contributed by atoms with van der Waals surface area (Å²) < 4.78 is 70.5. The highest BCUT2D eigenvalue weighted by atomic mass is 19.4. The number of para-hydroxylation sites is 1. The van der Waals surface area contributed by atoms with Gasteiger partial charge in [0.15, 0.2) is 12.0 Å². The molecule has 1 saturated heterocycles. The highest BCUT2D eigenvalue weighted by Gasteiger charge is 2.31. The summed E-state index contributed by atoms with van der Waals surface area (Å²) in [6, 6.07) is 17.9. The molecule has 0 radical (unpaired) electrons. The smallest absolute Gasteiger partial charge is 0.486 e. The molecule has 3 aromatic carbocycles. The van der Waals surface area contributed by atoms with Crippen LogP contribution in [-0.4, -0.2) is 66.1 Å². The second-order valence-corrected chi connectivity index (χ2v) is 9.92. The second kappa shape index (κ2) is 12.4. The van der Waals surface area contributed by atoms with Crippen molar-refractivity contribution in [2.24, 2.45) is 0 Å². The van der Waals surface area contributed by atoms with E-state index in [-0.39, 0.29) is 24.7 Å². The molecule has 4 aromatic rings. The molecule has 0 bridgehead atoms. The van der Waals surface area contributed by atoms with E-state index in [0.717, 1.165) is 0 Å². The van der Waals surface area contributed by atoms with Crippen molar-refractivity contribution in [2.45, 2.75) is 32.7 Å². The zero-order valence-electron chi connectivity index (χ0n) is 23.1. The van der Waals surface area contributed by atoms with E-state index in [1.807, 2.05) is 44.7 Å². The fraction of sp³-hybridized carbons (Fsp3) is 0.333. The average molecular weight is 587 g/mol. The number of benzene rings is 3. The first-order valence-corrected chi connectivity index (χ1v) is 13.3. The number of ether oxygens (including phenoxy) is 3. The lowest BCUT2D eigenvalue weighted by Gasteiger charge is -2.38. The summed E-state index contributed by atoms with van der Waals surface area (Å²) in [6.07, 6.45) is -5.42. The fourth-order valence-electron chi connectivity index (χ4n) is 5.13. The van der Waals surface area contributed by atoms with Gasteiger partial charge in [-0.2, -0.15) is 0 Å². The normalized spacial score (nSPS) is 15.1. The monoisotopic (exact) mass is 586 g/mol. The lowest BCUT2D eigenvalue weighted by molar-refractivity contribution is -0.274. The Bertz CT molecular complexity index is 1520. The predicted molar refractivity (Wildman–Crippen MR) is 148 cm³/mol. The molecule has 0 spiro atoms. The summed E-state index contributed by atoms with van der Waals surface area (Å²) in [4.78, 5) is 20.4. The number of halogens is 4. The second-order valence-electron chi connectivity index (χ2n) is 9.92. The van der Waals surface area contributed by atoms with E-state index in [2.05, 4.69) is 9.72 Å². The third-order valence-electron chi connectivity index (χ3n) is 7.06. The molecule has 0 amide bonds. The van der Waals surface area contributed by atoms with Crippen LogP contribution in [0.15, 0.2) is 66.7 Å². The molecule has 0 N–H and O–H groups in total. The van der Waals surface area contributed by atoms with Crippen LogP contribution in [0.25, 0.3) is 11.0 Å². The van der Waals surface area contributed by atoms with Crippen LogP contribution in [0.3, 0.4) is 0 Å². The van der Waals surface area contributed by atoms with Gasteiger partial charge >= 0.3 is 6.36 Å². The molecule has 1 fully saturated rings. The number of methoxy groups -OCH3 is 1. The van der Waals surface area contributed by atoms with Crippen LogP contribution in [0.1, 0.15) is 18.3 Å². The van der Waals surface area contributed by atoms with Crippen LogP contribution >= 0.6 is 0 Å². The van der Waals surface area contributed by atoms with E-state index in [1.165, 1.54) is 32.2 Å². The molecule has 1 unspecified atom stereocenters. The number of nitrogens with zero attached hydrogens (tertiary/aromatic N) is 4. The first-order valence-electron chi connectivity index (χ1n) is 13.3. The lowest BCUT2D eigenvalue weighted by Crippen LogP contribution is -2.53. The Hall–Kier alpha value is -4.16. The average Bonchev–Trinajstić information content (AvgIpc) is 3.28. The van der Waals surface area contributed by atoms with Crippen LogP contribution in [-0.2, 0) is 22.7 Å². The molecule has 42 heavy (non-hydrogen) atoms. The molecule has 1 atom stereocenters. The number of carbonyl (C=O) groups is 1. The van der Waals surface area contributed by atoms with Crippen molar-refractivity contribution < 1.29 is 36.6 Å². The minimum absolute atomic E-state index is 0.0903. The number of fused-ring (bicyclic) bond motifs is 1. The number of carbonyl (C=O) groups excluding carboxylic acids is 1. The molecule has 1 aliphatic heterocycles. The van der Waals surface area contributed by atoms with Crippen LogP contribution in [0.2, 0.25) is 0 Å². The maximum Gasteiger partial charge on any atom is 0.573 e. The van der Waals surface area contributed by atoms with Gasteiger partial charge in [0.2, 0.25) is 0 Å². The zero-order valence-corrected chi connectivity index (χ0v) is 23.1. The standard InChI is InChI=1S/C30H30F4N4O4/c1-20(39)29(40-2)37-14-12-36(13-15-37)26-17-27-25(16-24(26)31)35-28(19-41-22-6-4-3-5-7-22)38(27)18-21-8-10-23(11-9-21)42-30(32,33)34/h3-11,16-17,29H,12-15,18-19H2,1-2H3. The van der Waals surface area contributed by atoms with Crippen molar-refractivity contribution >= 4 is 22.5 Å². The van der Waals surface area contributed by atoms with Gasteiger partial charge in [0.05, 0.1) is 16.7 Å². The number of aromatic nitrogens is 2. The number of rotatable bonds is 10. The highest BCUT2D eigenvalue weighted by molar-refractivity contribution is 5.81. The molecule has 8 nitrogen and oxygen atoms in total. The number of imidazole rings is 1. The molecule has 1 aromatic heterocycles. The molecule has 12 heteroatoms. The van der Waals surface area contributed by atoms with Gasteiger partial charge in [0.25, 0.3) is 0 Å². The first-order chi connectivity index (χ1) is 20.1. The van der Waals surface area contributed by atoms with Crippen molar-refractivity contribution in [3.05, 3.63) is 83.9 Å². The van der Waals surface area contributed by atoms with Gasteiger partial charge in [-0.25, -0.2) is 9.37 Å². The Morgan fingerprint density at radius 1 is 0.976 bits per heavy atom. The summed E-state index contributed by atoms with van der Waals surface area (Å²) in [7, 11) is 1.49. The topological polar surface area (TPSA) is 69.1 Å². The molecular weight excluding hydrogens is 556 g/mol. The van der Waals surface area contributed by atoms with Crippen LogP contribution < -0.4 is 14.4 Å². The Balaban J connectivity index is 1.44. The molecule has 0 saturated carbocycles. The summed E-state index contributed by atoms with van der Waals surface area (Å²) in [6.45, 7) is 3.80. The van der Waals surface area contributed by atoms with Crippen molar-refractivity contribution in [3.63, 3.8) is 0 Å². The third-order valence-corrected chi connectivity index (χ3v) is 7.06. The Labute approximate surface area is 240 Å². The minimum Gasteiger partial charge on any atom is -0.486 e. The number of ketones is 1. The van der Waals surface area contributed by atoms with E-state index in [0.29, 0.717) is 60.0 Å². The first kappa shape index (κ1) is 29.3. The molecular formula is C30H30F4N4O4. The molecule has 1 aliphatic rings. The van der Waals surface area contributed by atoms with Crippen molar-refractivity contribution in [2.75, 3.05) is 38.2 Å². The van der Waals surface area contributed by atoms with E-state index in [1.54, 1.807) is 18.2 Å². The number of Topliss-reactive ketones (excluding diaryl/α,β-unsaturated/α-hetero) is 1. The Morgan fingerprint density at radius 3 is 2.29 bits per heavy atom. The summed E-state index contributed by atoms with van der Waals surface area (Å²) in [5, 5.41) is 0. The van der Waals surface area contributed by atoms with Gasteiger partial charge in [0.1, 0.15) is 29.7 Å². The lowest BCUT2D eigenvalue weighted by atomic mass is 10.2. The minimum atomic E-state index is -4.79. The fourth-order valence-corrected chi connectivity index (χ4v) is 5.13. The highest BCUT2D eigenvalue weighted by Crippen LogP contribution is 2.30. The number of anilines is 1. The van der Waals surface area contributed by atoms with E-state index >= 15 is 4.39 Å². The molecule has 222 valence electrons. The Kier molecular flexibility index (Phi) is 8.64. The van der Waals surface area contributed by atoms with Crippen molar-refractivity contribution in [1.29, 1.82) is 0 Å². The van der Waals surface area contributed by atoms with Crippen LogP contribution in [0.4, 0.5) is 23.2 Å². The molecule has 0 aliphatic carbocycles. The van der Waals surface area contributed by atoms with Crippen molar-refractivity contribution in [3.8, 4) is 11.5 Å². The van der Waals surface area contributed by atoms with E-state index < -0.39 is 18.4 Å². The summed E-state index contributed by atoms with van der Waals surface area (Å²) >= 11 is 0. The van der Waals surface area contributed by atoms with Crippen LogP contribution in [0.5, 0.6) is 11.5 Å². The van der Waals surface area contributed by atoms with Gasteiger partial charge < -0.3 is 23.7 Å².